The van der Waals surface area contributed by atoms with Crippen LogP contribution in [0.2, 0.25) is 0 Å². The third-order valence-electron chi connectivity index (χ3n) is 10.8. The Bertz CT molecular complexity index is 774. The SMILES string of the molecule is CC1(C2CCC3C4CCC5CC6(CCC5(C)C4(Br)C(=O)CC32C)OCCO6)OCCO1. The highest BCUT2D eigenvalue weighted by Gasteiger charge is 2.72. The van der Waals surface area contributed by atoms with Crippen LogP contribution in [0.3, 0.4) is 0 Å². The zero-order chi connectivity index (χ0) is 21.7. The van der Waals surface area contributed by atoms with Gasteiger partial charge in [-0.1, -0.05) is 29.8 Å². The first-order valence-electron chi connectivity index (χ1n) is 12.5. The molecule has 6 fully saturated rings. The summed E-state index contributed by atoms with van der Waals surface area (Å²) >= 11 is 4.22. The van der Waals surface area contributed by atoms with E-state index in [0.717, 1.165) is 38.5 Å². The molecule has 2 heterocycles. The van der Waals surface area contributed by atoms with Crippen molar-refractivity contribution in [3.63, 3.8) is 0 Å². The molecule has 7 unspecified atom stereocenters. The largest absolute Gasteiger partial charge is 0.348 e. The van der Waals surface area contributed by atoms with E-state index < -0.39 is 15.9 Å². The third kappa shape index (κ3) is 2.66. The minimum absolute atomic E-state index is 0.0444. The van der Waals surface area contributed by atoms with Crippen LogP contribution in [0.1, 0.15) is 72.1 Å². The lowest BCUT2D eigenvalue weighted by Gasteiger charge is -2.65. The molecular weight excluding hydrogens is 460 g/mol. The standard InChI is InChI=1S/C25H37BrO5/c1-21-15-20(27)25(26)18(17(21)6-7-19(21)23(3)28-10-11-29-23)5-4-16-14-24(30-12-13-31-24)9-8-22(16,25)2/h16-19H,4-15H2,1-3H3. The summed E-state index contributed by atoms with van der Waals surface area (Å²) in [6, 6.07) is 0. The fourth-order valence-electron chi connectivity index (χ4n) is 9.27. The maximum atomic E-state index is 14.1. The average molecular weight is 497 g/mol. The zero-order valence-corrected chi connectivity index (χ0v) is 20.8. The number of halogens is 1. The summed E-state index contributed by atoms with van der Waals surface area (Å²) in [5.41, 5.74) is -0.0912. The second kappa shape index (κ2) is 6.78. The fourth-order valence-corrected chi connectivity index (χ4v) is 10.5. The van der Waals surface area contributed by atoms with Crippen LogP contribution in [0.25, 0.3) is 0 Å². The minimum atomic E-state index is -0.536. The summed E-state index contributed by atoms with van der Waals surface area (Å²) < 4.78 is 24.0. The Morgan fingerprint density at radius 3 is 2.19 bits per heavy atom. The van der Waals surface area contributed by atoms with Crippen molar-refractivity contribution in [2.45, 2.75) is 88.0 Å². The summed E-state index contributed by atoms with van der Waals surface area (Å²) in [6.45, 7) is 9.60. The Morgan fingerprint density at radius 2 is 1.48 bits per heavy atom. The molecule has 174 valence electrons. The van der Waals surface area contributed by atoms with Crippen LogP contribution < -0.4 is 0 Å². The van der Waals surface area contributed by atoms with Crippen LogP contribution in [-0.4, -0.2) is 48.1 Å². The van der Waals surface area contributed by atoms with Gasteiger partial charge in [0.15, 0.2) is 17.4 Å². The molecule has 2 saturated heterocycles. The number of alkyl halides is 1. The number of rotatable bonds is 1. The molecule has 4 aliphatic carbocycles. The van der Waals surface area contributed by atoms with Crippen LogP contribution in [-0.2, 0) is 23.7 Å². The summed E-state index contributed by atoms with van der Waals surface area (Å²) in [4.78, 5) is 14.1. The van der Waals surface area contributed by atoms with Crippen LogP contribution in [0.15, 0.2) is 0 Å². The molecule has 31 heavy (non-hydrogen) atoms. The van der Waals surface area contributed by atoms with E-state index >= 15 is 0 Å². The van der Waals surface area contributed by atoms with Gasteiger partial charge >= 0.3 is 0 Å². The molecule has 5 nitrogen and oxygen atoms in total. The van der Waals surface area contributed by atoms with Crippen molar-refractivity contribution in [1.29, 1.82) is 0 Å². The molecule has 0 amide bonds. The zero-order valence-electron chi connectivity index (χ0n) is 19.2. The predicted molar refractivity (Wildman–Crippen MR) is 119 cm³/mol. The molecule has 0 N–H and O–H groups in total. The molecule has 0 aromatic carbocycles. The quantitative estimate of drug-likeness (QED) is 0.485. The van der Waals surface area contributed by atoms with Crippen molar-refractivity contribution >= 4 is 21.7 Å². The number of carbonyl (C=O) groups is 1. The smallest absolute Gasteiger partial charge is 0.169 e. The molecule has 2 aliphatic heterocycles. The Balaban J connectivity index is 1.33. The lowest BCUT2D eigenvalue weighted by molar-refractivity contribution is -0.229. The summed E-state index contributed by atoms with van der Waals surface area (Å²) in [5.74, 6) is 1.15. The second-order valence-corrected chi connectivity index (χ2v) is 13.1. The number of hydrogen-bond acceptors (Lipinski definition) is 5. The molecule has 4 saturated carbocycles. The Kier molecular flexibility index (Phi) is 4.70. The van der Waals surface area contributed by atoms with Crippen LogP contribution in [0, 0.1) is 34.5 Å². The summed E-state index contributed by atoms with van der Waals surface area (Å²) in [6.07, 6.45) is 7.99. The van der Waals surface area contributed by atoms with Gasteiger partial charge in [-0.3, -0.25) is 4.79 Å². The number of ether oxygens (including phenoxy) is 4. The highest BCUT2D eigenvalue weighted by Crippen LogP contribution is 2.72. The van der Waals surface area contributed by atoms with E-state index in [2.05, 4.69) is 36.7 Å². The molecule has 0 aromatic rings. The first-order chi connectivity index (χ1) is 14.7. The lowest BCUT2D eigenvalue weighted by Crippen LogP contribution is -2.68. The third-order valence-corrected chi connectivity index (χ3v) is 12.7. The summed E-state index contributed by atoms with van der Waals surface area (Å²) in [5, 5.41) is 0. The van der Waals surface area contributed by atoms with Gasteiger partial charge in [0, 0.05) is 25.2 Å². The van der Waals surface area contributed by atoms with Gasteiger partial charge in [0.05, 0.1) is 30.8 Å². The first kappa shape index (κ1) is 21.5. The van der Waals surface area contributed by atoms with E-state index in [-0.39, 0.29) is 16.7 Å². The molecule has 0 radical (unpaired) electrons. The maximum Gasteiger partial charge on any atom is 0.169 e. The van der Waals surface area contributed by atoms with Gasteiger partial charge in [-0.2, -0.15) is 0 Å². The normalized spacial score (nSPS) is 52.7. The number of Topliss-reactive ketones (excluding diaryl/α,β-unsaturated/α-hetero) is 1. The molecule has 6 rings (SSSR count). The Labute approximate surface area is 194 Å². The van der Waals surface area contributed by atoms with Gasteiger partial charge in [-0.25, -0.2) is 0 Å². The van der Waals surface area contributed by atoms with Gasteiger partial charge in [-0.15, -0.1) is 0 Å². The molecule has 7 atom stereocenters. The van der Waals surface area contributed by atoms with Crippen molar-refractivity contribution in [2.24, 2.45) is 34.5 Å². The van der Waals surface area contributed by atoms with Crippen molar-refractivity contribution in [2.75, 3.05) is 26.4 Å². The number of ketones is 1. The van der Waals surface area contributed by atoms with E-state index in [0.29, 0.717) is 56.4 Å². The average Bonchev–Trinajstić information content (AvgIpc) is 3.44. The van der Waals surface area contributed by atoms with Crippen LogP contribution >= 0.6 is 15.9 Å². The van der Waals surface area contributed by atoms with Gasteiger partial charge in [-0.05, 0) is 67.6 Å². The fraction of sp³-hybridized carbons (Fsp3) is 0.960. The molecule has 0 aromatic heterocycles. The van der Waals surface area contributed by atoms with E-state index in [9.17, 15) is 4.79 Å². The van der Waals surface area contributed by atoms with Crippen LogP contribution in [0.5, 0.6) is 0 Å². The van der Waals surface area contributed by atoms with Crippen molar-refractivity contribution < 1.29 is 23.7 Å². The number of carbonyl (C=O) groups excluding carboxylic acids is 1. The Hall–Kier alpha value is -0.0100. The molecule has 1 spiro atoms. The number of hydrogen-bond donors (Lipinski definition) is 0. The van der Waals surface area contributed by atoms with Gasteiger partial charge < -0.3 is 18.9 Å². The minimum Gasteiger partial charge on any atom is -0.348 e. The van der Waals surface area contributed by atoms with Crippen LogP contribution in [0.4, 0.5) is 0 Å². The highest BCUT2D eigenvalue weighted by atomic mass is 79.9. The molecule has 0 bridgehead atoms. The number of fused-ring (bicyclic) bond motifs is 5. The van der Waals surface area contributed by atoms with Crippen molar-refractivity contribution in [3.05, 3.63) is 0 Å². The van der Waals surface area contributed by atoms with E-state index in [1.807, 2.05) is 0 Å². The van der Waals surface area contributed by atoms with E-state index in [1.54, 1.807) is 0 Å². The monoisotopic (exact) mass is 496 g/mol. The van der Waals surface area contributed by atoms with Gasteiger partial charge in [0.25, 0.3) is 0 Å². The predicted octanol–water partition coefficient (Wildman–Crippen LogP) is 4.85. The van der Waals surface area contributed by atoms with Gasteiger partial charge in [0.2, 0.25) is 0 Å². The first-order valence-corrected chi connectivity index (χ1v) is 13.2. The molecular formula is C25H37BrO5. The summed E-state index contributed by atoms with van der Waals surface area (Å²) in [7, 11) is 0. The van der Waals surface area contributed by atoms with Crippen molar-refractivity contribution in [3.8, 4) is 0 Å². The maximum absolute atomic E-state index is 14.1. The highest BCUT2D eigenvalue weighted by molar-refractivity contribution is 9.10. The van der Waals surface area contributed by atoms with E-state index in [4.69, 9.17) is 18.9 Å². The van der Waals surface area contributed by atoms with Crippen molar-refractivity contribution in [1.82, 2.24) is 0 Å². The molecule has 6 heteroatoms. The van der Waals surface area contributed by atoms with Gasteiger partial charge in [0.1, 0.15) is 0 Å². The Morgan fingerprint density at radius 1 is 0.839 bits per heavy atom. The van der Waals surface area contributed by atoms with E-state index in [1.165, 1.54) is 6.42 Å². The lowest BCUT2D eigenvalue weighted by atomic mass is 9.43. The second-order valence-electron chi connectivity index (χ2n) is 11.9. The topological polar surface area (TPSA) is 54.0 Å². The molecule has 6 aliphatic rings.